The van der Waals surface area contributed by atoms with Crippen LogP contribution in [0.4, 0.5) is 0 Å². The maximum Gasteiger partial charge on any atom is 0.244 e. The second-order valence-electron chi connectivity index (χ2n) is 5.13. The van der Waals surface area contributed by atoms with Crippen molar-refractivity contribution in [3.63, 3.8) is 0 Å². The fourth-order valence-electron chi connectivity index (χ4n) is 2.23. The van der Waals surface area contributed by atoms with Crippen LogP contribution < -0.4 is 5.32 Å². The smallest absolute Gasteiger partial charge is 0.244 e. The van der Waals surface area contributed by atoms with Crippen LogP contribution >= 0.6 is 11.6 Å². The molecule has 116 valence electrons. The Bertz CT molecular complexity index is 804. The molecule has 4 nitrogen and oxygen atoms in total. The highest BCUT2D eigenvalue weighted by atomic mass is 35.5. The van der Waals surface area contributed by atoms with E-state index in [-0.39, 0.29) is 5.91 Å². The van der Waals surface area contributed by atoms with Gasteiger partial charge in [0.25, 0.3) is 0 Å². The van der Waals surface area contributed by atoms with E-state index in [1.54, 1.807) is 18.2 Å². The number of carbonyl (C=O) groups excluding carboxylic acids is 1. The number of H-pyrrole nitrogens is 1. The molecule has 0 atom stereocenters. The number of nitrogens with one attached hydrogen (secondary N) is 2. The third-order valence-corrected chi connectivity index (χ3v) is 3.65. The summed E-state index contributed by atoms with van der Waals surface area (Å²) in [6, 6.07) is 15.2. The van der Waals surface area contributed by atoms with Gasteiger partial charge >= 0.3 is 0 Å². The van der Waals surface area contributed by atoms with E-state index in [0.717, 1.165) is 22.4 Å². The molecule has 0 saturated carbocycles. The second kappa shape index (κ2) is 7.11. The molecule has 23 heavy (non-hydrogen) atoms. The van der Waals surface area contributed by atoms with Gasteiger partial charge in [0, 0.05) is 24.1 Å². The normalized spacial score (nSPS) is 11.2. The molecule has 5 heteroatoms. The number of amides is 1. The summed E-state index contributed by atoms with van der Waals surface area (Å²) in [7, 11) is 0. The Morgan fingerprint density at radius 2 is 1.96 bits per heavy atom. The SMILES string of the molecule is O=C(/C=C/c1ccc(Cl)cc1)NCCc1nc2ccccc2[nH]1. The first kappa shape index (κ1) is 15.3. The number of hydrogen-bond donors (Lipinski definition) is 2. The maximum absolute atomic E-state index is 11.8. The summed E-state index contributed by atoms with van der Waals surface area (Å²) < 4.78 is 0. The first-order valence-electron chi connectivity index (χ1n) is 7.36. The molecule has 0 saturated heterocycles. The highest BCUT2D eigenvalue weighted by Gasteiger charge is 2.02. The van der Waals surface area contributed by atoms with Crippen molar-refractivity contribution in [2.45, 2.75) is 6.42 Å². The number of halogens is 1. The summed E-state index contributed by atoms with van der Waals surface area (Å²) >= 11 is 5.82. The van der Waals surface area contributed by atoms with Crippen molar-refractivity contribution in [2.24, 2.45) is 0 Å². The number of benzene rings is 2. The molecule has 0 aliphatic carbocycles. The number of nitrogens with zero attached hydrogens (tertiary/aromatic N) is 1. The van der Waals surface area contributed by atoms with E-state index >= 15 is 0 Å². The van der Waals surface area contributed by atoms with E-state index in [1.165, 1.54) is 6.08 Å². The van der Waals surface area contributed by atoms with Gasteiger partial charge in [0.15, 0.2) is 0 Å². The first-order chi connectivity index (χ1) is 11.2. The number of fused-ring (bicyclic) bond motifs is 1. The van der Waals surface area contributed by atoms with E-state index in [4.69, 9.17) is 11.6 Å². The standard InChI is InChI=1S/C18H16ClN3O/c19-14-8-5-13(6-9-14)7-10-18(23)20-12-11-17-21-15-3-1-2-4-16(15)22-17/h1-10H,11-12H2,(H,20,23)(H,21,22)/b10-7+. The van der Waals surface area contributed by atoms with Crippen LogP contribution in [0.1, 0.15) is 11.4 Å². The average molecular weight is 326 g/mol. The maximum atomic E-state index is 11.8. The predicted octanol–water partition coefficient (Wildman–Crippen LogP) is 3.59. The quantitative estimate of drug-likeness (QED) is 0.704. The number of para-hydroxylation sites is 2. The van der Waals surface area contributed by atoms with Crippen LogP contribution in [0.3, 0.4) is 0 Å². The number of aromatic nitrogens is 2. The number of imidazole rings is 1. The van der Waals surface area contributed by atoms with Gasteiger partial charge in [-0.25, -0.2) is 4.98 Å². The van der Waals surface area contributed by atoms with Crippen LogP contribution in [0.25, 0.3) is 17.1 Å². The van der Waals surface area contributed by atoms with Crippen LogP contribution in [0, 0.1) is 0 Å². The van der Waals surface area contributed by atoms with Crippen LogP contribution in [0.5, 0.6) is 0 Å². The van der Waals surface area contributed by atoms with Crippen LogP contribution in [0.2, 0.25) is 5.02 Å². The van der Waals surface area contributed by atoms with Gasteiger partial charge in [0.05, 0.1) is 11.0 Å². The third-order valence-electron chi connectivity index (χ3n) is 3.40. The highest BCUT2D eigenvalue weighted by molar-refractivity contribution is 6.30. The summed E-state index contributed by atoms with van der Waals surface area (Å²) in [6.07, 6.45) is 3.93. The van der Waals surface area contributed by atoms with Crippen molar-refractivity contribution in [3.8, 4) is 0 Å². The van der Waals surface area contributed by atoms with Gasteiger partial charge < -0.3 is 10.3 Å². The number of rotatable bonds is 5. The molecule has 0 aliphatic heterocycles. The molecule has 1 aromatic heterocycles. The van der Waals surface area contributed by atoms with Gasteiger partial charge in [-0.15, -0.1) is 0 Å². The molecule has 0 aliphatic rings. The molecule has 2 N–H and O–H groups in total. The molecule has 3 aromatic rings. The van der Waals surface area contributed by atoms with Crippen LogP contribution in [0.15, 0.2) is 54.6 Å². The molecule has 1 heterocycles. The first-order valence-corrected chi connectivity index (χ1v) is 7.73. The Kier molecular flexibility index (Phi) is 4.74. The fraction of sp³-hybridized carbons (Fsp3) is 0.111. The Morgan fingerprint density at radius 3 is 2.74 bits per heavy atom. The molecule has 0 fully saturated rings. The molecule has 0 radical (unpaired) electrons. The predicted molar refractivity (Wildman–Crippen MR) is 93.3 cm³/mol. The number of hydrogen-bond acceptors (Lipinski definition) is 2. The van der Waals surface area contributed by atoms with Gasteiger partial charge in [-0.1, -0.05) is 35.9 Å². The average Bonchev–Trinajstić information content (AvgIpc) is 2.97. The van der Waals surface area contributed by atoms with Crippen LogP contribution in [-0.4, -0.2) is 22.4 Å². The Morgan fingerprint density at radius 1 is 1.17 bits per heavy atom. The summed E-state index contributed by atoms with van der Waals surface area (Å²) in [4.78, 5) is 19.5. The Balaban J connectivity index is 1.49. The van der Waals surface area contributed by atoms with Gasteiger partial charge in [-0.2, -0.15) is 0 Å². The molecule has 0 unspecified atom stereocenters. The van der Waals surface area contributed by atoms with Gasteiger partial charge in [-0.3, -0.25) is 4.79 Å². The Hall–Kier alpha value is -2.59. The minimum atomic E-state index is -0.129. The van der Waals surface area contributed by atoms with Crippen molar-refractivity contribution in [2.75, 3.05) is 6.54 Å². The lowest BCUT2D eigenvalue weighted by Gasteiger charge is -2.00. The lowest BCUT2D eigenvalue weighted by molar-refractivity contribution is -0.116. The molecule has 1 amide bonds. The van der Waals surface area contributed by atoms with Crippen molar-refractivity contribution < 1.29 is 4.79 Å². The summed E-state index contributed by atoms with van der Waals surface area (Å²) in [5.74, 6) is 0.740. The molecule has 0 spiro atoms. The Labute approximate surface area is 139 Å². The van der Waals surface area contributed by atoms with E-state index in [0.29, 0.717) is 18.0 Å². The lowest BCUT2D eigenvalue weighted by Crippen LogP contribution is -2.23. The summed E-state index contributed by atoms with van der Waals surface area (Å²) in [6.45, 7) is 0.531. The molecular weight excluding hydrogens is 310 g/mol. The summed E-state index contributed by atoms with van der Waals surface area (Å²) in [5, 5.41) is 3.52. The monoisotopic (exact) mass is 325 g/mol. The zero-order valence-electron chi connectivity index (χ0n) is 12.4. The third kappa shape index (κ3) is 4.20. The van der Waals surface area contributed by atoms with Crippen LogP contribution in [-0.2, 0) is 11.2 Å². The number of aromatic amines is 1. The molecular formula is C18H16ClN3O. The topological polar surface area (TPSA) is 57.8 Å². The second-order valence-corrected chi connectivity index (χ2v) is 5.56. The lowest BCUT2D eigenvalue weighted by atomic mass is 10.2. The van der Waals surface area contributed by atoms with Gasteiger partial charge in [0.1, 0.15) is 5.82 Å². The zero-order valence-corrected chi connectivity index (χ0v) is 13.2. The number of carbonyl (C=O) groups is 1. The van der Waals surface area contributed by atoms with Crippen molar-refractivity contribution in [1.82, 2.24) is 15.3 Å². The fourth-order valence-corrected chi connectivity index (χ4v) is 2.36. The van der Waals surface area contributed by atoms with Crippen molar-refractivity contribution in [1.29, 1.82) is 0 Å². The van der Waals surface area contributed by atoms with Gasteiger partial charge in [-0.05, 0) is 35.9 Å². The minimum Gasteiger partial charge on any atom is -0.352 e. The summed E-state index contributed by atoms with van der Waals surface area (Å²) in [5.41, 5.74) is 2.88. The van der Waals surface area contributed by atoms with Gasteiger partial charge in [0.2, 0.25) is 5.91 Å². The van der Waals surface area contributed by atoms with Crippen molar-refractivity contribution >= 4 is 34.6 Å². The largest absolute Gasteiger partial charge is 0.352 e. The highest BCUT2D eigenvalue weighted by Crippen LogP contribution is 2.11. The van der Waals surface area contributed by atoms with E-state index < -0.39 is 0 Å². The zero-order chi connectivity index (χ0) is 16.1. The van der Waals surface area contributed by atoms with E-state index in [2.05, 4.69) is 15.3 Å². The van der Waals surface area contributed by atoms with E-state index in [1.807, 2.05) is 36.4 Å². The minimum absolute atomic E-state index is 0.129. The van der Waals surface area contributed by atoms with E-state index in [9.17, 15) is 4.79 Å². The molecule has 0 bridgehead atoms. The molecule has 2 aromatic carbocycles. The van der Waals surface area contributed by atoms with Crippen molar-refractivity contribution in [3.05, 3.63) is 71.0 Å². The molecule has 3 rings (SSSR count).